The molecule has 1 N–H and O–H groups in total. The Morgan fingerprint density at radius 3 is 1.40 bits per heavy atom. The molecule has 4 aliphatic rings. The first-order valence-electron chi connectivity index (χ1n) is 25.9. The van der Waals surface area contributed by atoms with Gasteiger partial charge in [0.05, 0.1) is 18.0 Å². The van der Waals surface area contributed by atoms with E-state index in [1.807, 2.05) is 0 Å². The number of ether oxygens (including phenoxy) is 1. The Morgan fingerprint density at radius 1 is 0.537 bits per heavy atom. The number of anilines is 2. The minimum atomic E-state index is -0.187. The van der Waals surface area contributed by atoms with Gasteiger partial charge in [-0.3, -0.25) is 4.79 Å². The van der Waals surface area contributed by atoms with Gasteiger partial charge in [0, 0.05) is 63.9 Å². The molecule has 2 aliphatic carbocycles. The van der Waals surface area contributed by atoms with Gasteiger partial charge in [-0.15, -0.1) is 0 Å². The molecule has 0 radical (unpaired) electrons. The molecule has 0 amide bonds. The van der Waals surface area contributed by atoms with Gasteiger partial charge in [-0.2, -0.15) is 0 Å². The predicted molar refractivity (Wildman–Crippen MR) is 279 cm³/mol. The Hall–Kier alpha value is -4.31. The number of carbonyl (C=O) groups is 1. The molecule has 2 aliphatic heterocycles. The SMILES string of the molecule is CC(=O)OCCCCN1CCCN(c2cccc(-c3ccc4c(c3)C(C)(C)CCC4(C)C)n2)CC1.CC1(C)CCC(C)(C)c2cc(-c3cccc(N4CCCN(CCCCO)CC4)n3)ccc21. The molecule has 2 fully saturated rings. The molecule has 0 bridgehead atoms. The number of esters is 1. The standard InChI is InChI=1S/C30H43N3O2.C28H41N3O/c1-23(34)35-21-7-6-16-32-17-9-18-33(20-19-32)28-11-8-10-27(31-28)24-12-13-25-26(22-24)30(4,5)15-14-29(25,2)3;1-27(2)13-14-28(3,4)24-21-22(11-12-23(24)27)25-9-7-10-26(29-25)31-17-8-16-30(18-19-31)15-5-6-20-32/h8,10-13,22H,6-7,9,14-21H2,1-5H3;7,9-12,21,32H,5-6,8,13-20H2,1-4H3. The highest BCUT2D eigenvalue weighted by atomic mass is 16.5. The van der Waals surface area contributed by atoms with Crippen molar-refractivity contribution < 1.29 is 14.6 Å². The van der Waals surface area contributed by atoms with E-state index in [1.165, 1.54) is 66.0 Å². The van der Waals surface area contributed by atoms with Crippen LogP contribution < -0.4 is 9.80 Å². The summed E-state index contributed by atoms with van der Waals surface area (Å²) in [6.07, 6.45) is 11.2. The summed E-state index contributed by atoms with van der Waals surface area (Å²) in [7, 11) is 0. The smallest absolute Gasteiger partial charge is 0.302 e. The summed E-state index contributed by atoms with van der Waals surface area (Å²) >= 11 is 0. The van der Waals surface area contributed by atoms with E-state index in [9.17, 15) is 4.79 Å². The highest BCUT2D eigenvalue weighted by Crippen LogP contribution is 2.48. The van der Waals surface area contributed by atoms with Crippen LogP contribution in [0.4, 0.5) is 11.6 Å². The van der Waals surface area contributed by atoms with Crippen LogP contribution in [0.25, 0.3) is 22.5 Å². The molecule has 0 saturated carbocycles. The zero-order valence-corrected chi connectivity index (χ0v) is 42.9. The van der Waals surface area contributed by atoms with Gasteiger partial charge in [0.1, 0.15) is 11.6 Å². The van der Waals surface area contributed by atoms with E-state index in [2.05, 4.69) is 148 Å². The number of carbonyl (C=O) groups excluding carboxylic acids is 1. The van der Waals surface area contributed by atoms with Crippen molar-refractivity contribution in [1.82, 2.24) is 19.8 Å². The number of unbranched alkanes of at least 4 members (excludes halogenated alkanes) is 2. The van der Waals surface area contributed by atoms with E-state index in [1.54, 1.807) is 0 Å². The lowest BCUT2D eigenvalue weighted by Crippen LogP contribution is -2.33. The van der Waals surface area contributed by atoms with Crippen LogP contribution in [0.1, 0.15) is 149 Å². The summed E-state index contributed by atoms with van der Waals surface area (Å²) in [5.74, 6) is 1.99. The topological polar surface area (TPSA) is 85.3 Å². The maximum Gasteiger partial charge on any atom is 0.302 e. The first-order chi connectivity index (χ1) is 32.0. The monoisotopic (exact) mass is 913 g/mol. The number of fused-ring (bicyclic) bond motifs is 2. The van der Waals surface area contributed by atoms with E-state index >= 15 is 0 Å². The zero-order valence-electron chi connectivity index (χ0n) is 42.9. The van der Waals surface area contributed by atoms with Crippen molar-refractivity contribution in [3.63, 3.8) is 0 Å². The summed E-state index contributed by atoms with van der Waals surface area (Å²) in [5.41, 5.74) is 11.5. The molecule has 2 aromatic carbocycles. The van der Waals surface area contributed by atoms with Gasteiger partial charge in [-0.1, -0.05) is 91.8 Å². The number of aromatic nitrogens is 2. The number of rotatable bonds is 13. The summed E-state index contributed by atoms with van der Waals surface area (Å²) in [6.45, 7) is 32.0. The Balaban J connectivity index is 0.000000200. The zero-order chi connectivity index (χ0) is 47.8. The summed E-state index contributed by atoms with van der Waals surface area (Å²) < 4.78 is 5.06. The first kappa shape index (κ1) is 50.6. The first-order valence-corrected chi connectivity index (χ1v) is 25.9. The van der Waals surface area contributed by atoms with E-state index in [0.29, 0.717) is 13.2 Å². The van der Waals surface area contributed by atoms with E-state index in [-0.39, 0.29) is 27.6 Å². The minimum absolute atomic E-state index is 0.187. The third kappa shape index (κ3) is 12.9. The maximum atomic E-state index is 10.9. The molecule has 9 heteroatoms. The molecular formula is C58H84N6O3. The average molecular weight is 913 g/mol. The number of hydrogen-bond donors (Lipinski definition) is 1. The third-order valence-corrected chi connectivity index (χ3v) is 15.6. The van der Waals surface area contributed by atoms with Gasteiger partial charge in [-0.05, 0) is 171 Å². The fraction of sp³-hybridized carbons (Fsp3) is 0.603. The molecular weight excluding hydrogens is 829 g/mol. The normalized spacial score (nSPS) is 20.1. The third-order valence-electron chi connectivity index (χ3n) is 15.6. The van der Waals surface area contributed by atoms with Gasteiger partial charge in [0.2, 0.25) is 0 Å². The summed E-state index contributed by atoms with van der Waals surface area (Å²) in [5, 5.41) is 9.05. The van der Waals surface area contributed by atoms with E-state index < -0.39 is 0 Å². The van der Waals surface area contributed by atoms with Gasteiger partial charge in [0.25, 0.3) is 0 Å². The molecule has 364 valence electrons. The molecule has 8 rings (SSSR count). The van der Waals surface area contributed by atoms with Crippen LogP contribution in [-0.4, -0.2) is 110 Å². The quantitative estimate of drug-likeness (QED) is 0.104. The van der Waals surface area contributed by atoms with Crippen molar-refractivity contribution >= 4 is 17.6 Å². The predicted octanol–water partition coefficient (Wildman–Crippen LogP) is 11.3. The lowest BCUT2D eigenvalue weighted by molar-refractivity contribution is -0.141. The Kier molecular flexibility index (Phi) is 16.6. The van der Waals surface area contributed by atoms with Crippen LogP contribution in [0, 0.1) is 0 Å². The Morgan fingerprint density at radius 2 is 0.970 bits per heavy atom. The maximum absolute atomic E-state index is 10.9. The number of aliphatic hydroxyl groups is 1. The van der Waals surface area contributed by atoms with E-state index in [0.717, 1.165) is 127 Å². The highest BCUT2D eigenvalue weighted by molar-refractivity contribution is 5.67. The molecule has 0 spiro atoms. The Bertz CT molecular complexity index is 2270. The fourth-order valence-electron chi connectivity index (χ4n) is 11.0. The molecule has 67 heavy (non-hydrogen) atoms. The van der Waals surface area contributed by atoms with Crippen LogP contribution in [0.3, 0.4) is 0 Å². The van der Waals surface area contributed by atoms with Crippen molar-refractivity contribution in [3.05, 3.63) is 95.1 Å². The molecule has 2 aromatic heterocycles. The molecule has 4 heterocycles. The van der Waals surface area contributed by atoms with Crippen molar-refractivity contribution in [2.24, 2.45) is 0 Å². The van der Waals surface area contributed by atoms with Crippen LogP contribution in [-0.2, 0) is 31.2 Å². The van der Waals surface area contributed by atoms with Crippen molar-refractivity contribution in [2.75, 3.05) is 88.5 Å². The number of benzene rings is 2. The van der Waals surface area contributed by atoms with Crippen LogP contribution >= 0.6 is 0 Å². The number of nitrogens with zero attached hydrogens (tertiary/aromatic N) is 6. The van der Waals surface area contributed by atoms with Crippen molar-refractivity contribution in [3.8, 4) is 22.5 Å². The largest absolute Gasteiger partial charge is 0.466 e. The van der Waals surface area contributed by atoms with Crippen molar-refractivity contribution in [1.29, 1.82) is 0 Å². The van der Waals surface area contributed by atoms with Gasteiger partial charge in [-0.25, -0.2) is 9.97 Å². The molecule has 9 nitrogen and oxygen atoms in total. The molecule has 0 atom stereocenters. The van der Waals surface area contributed by atoms with Crippen molar-refractivity contribution in [2.45, 2.75) is 148 Å². The number of pyridine rings is 2. The molecule has 0 unspecified atom stereocenters. The van der Waals surface area contributed by atoms with Gasteiger partial charge < -0.3 is 29.4 Å². The lowest BCUT2D eigenvalue weighted by Gasteiger charge is -2.42. The van der Waals surface area contributed by atoms with Gasteiger partial charge in [0.15, 0.2) is 0 Å². The molecule has 2 saturated heterocycles. The lowest BCUT2D eigenvalue weighted by atomic mass is 9.63. The van der Waals surface area contributed by atoms with Gasteiger partial charge >= 0.3 is 5.97 Å². The van der Waals surface area contributed by atoms with E-state index in [4.69, 9.17) is 19.8 Å². The van der Waals surface area contributed by atoms with Crippen LogP contribution in [0.2, 0.25) is 0 Å². The average Bonchev–Trinajstić information content (AvgIpc) is 3.71. The van der Waals surface area contributed by atoms with Crippen LogP contribution in [0.5, 0.6) is 0 Å². The summed E-state index contributed by atoms with van der Waals surface area (Å²) in [4.78, 5) is 31.1. The second-order valence-corrected chi connectivity index (χ2v) is 22.7. The second-order valence-electron chi connectivity index (χ2n) is 22.7. The second kappa shape index (κ2) is 22.0. The Labute approximate surface area is 404 Å². The fourth-order valence-corrected chi connectivity index (χ4v) is 11.0. The number of hydrogen-bond acceptors (Lipinski definition) is 9. The van der Waals surface area contributed by atoms with Crippen LogP contribution in [0.15, 0.2) is 72.8 Å². The minimum Gasteiger partial charge on any atom is -0.466 e. The highest BCUT2D eigenvalue weighted by Gasteiger charge is 2.38. The summed E-state index contributed by atoms with van der Waals surface area (Å²) in [6, 6.07) is 27.0. The molecule has 4 aromatic rings. The number of aliphatic hydroxyl groups excluding tert-OH is 1.